The maximum absolute atomic E-state index is 12.4. The van der Waals surface area contributed by atoms with Crippen molar-refractivity contribution in [3.05, 3.63) is 39.8 Å². The number of thioether (sulfide) groups is 1. The topological polar surface area (TPSA) is 60.1 Å². The highest BCUT2D eigenvalue weighted by Crippen LogP contribution is 2.34. The molecule has 1 aliphatic carbocycles. The Hall–Kier alpha value is -1.73. The van der Waals surface area contributed by atoms with Gasteiger partial charge in [-0.25, -0.2) is 9.50 Å². The molecule has 1 unspecified atom stereocenters. The zero-order valence-corrected chi connectivity index (χ0v) is 12.9. The second kappa shape index (κ2) is 4.92. The van der Waals surface area contributed by atoms with Crippen molar-refractivity contribution in [3.63, 3.8) is 0 Å². The van der Waals surface area contributed by atoms with Crippen LogP contribution in [0.15, 0.2) is 28.9 Å². The summed E-state index contributed by atoms with van der Waals surface area (Å²) < 4.78 is 1.61. The quantitative estimate of drug-likeness (QED) is 0.680. The van der Waals surface area contributed by atoms with E-state index in [1.54, 1.807) is 22.0 Å². The molecular formula is C14H12N4OS2. The van der Waals surface area contributed by atoms with Crippen LogP contribution in [0, 0.1) is 0 Å². The molecule has 0 saturated heterocycles. The largest absolute Gasteiger partial charge is 0.294 e. The number of fused-ring (bicyclic) bond motifs is 2. The number of aromatic nitrogens is 4. The average Bonchev–Trinajstić information content (AvgIpc) is 3.14. The normalized spacial score (nSPS) is 18.1. The van der Waals surface area contributed by atoms with E-state index in [1.165, 1.54) is 16.6 Å². The molecule has 0 fully saturated rings. The molecule has 0 saturated carbocycles. The van der Waals surface area contributed by atoms with Crippen LogP contribution in [-0.4, -0.2) is 31.6 Å². The van der Waals surface area contributed by atoms with Crippen molar-refractivity contribution in [2.24, 2.45) is 0 Å². The molecule has 3 heterocycles. The fraction of sp³-hybridized carbons (Fsp3) is 0.286. The van der Waals surface area contributed by atoms with Crippen LogP contribution in [0.1, 0.15) is 33.3 Å². The summed E-state index contributed by atoms with van der Waals surface area (Å²) in [4.78, 5) is 22.6. The van der Waals surface area contributed by atoms with E-state index in [1.807, 2.05) is 12.3 Å². The Labute approximate surface area is 129 Å². The monoisotopic (exact) mass is 316 g/mol. The van der Waals surface area contributed by atoms with Crippen molar-refractivity contribution in [2.45, 2.75) is 23.9 Å². The summed E-state index contributed by atoms with van der Waals surface area (Å²) in [5.41, 5.74) is 1.53. The van der Waals surface area contributed by atoms with Crippen LogP contribution in [-0.2, 0) is 6.42 Å². The average molecular weight is 316 g/mol. The van der Waals surface area contributed by atoms with Crippen LogP contribution in [0.25, 0.3) is 5.78 Å². The van der Waals surface area contributed by atoms with Crippen molar-refractivity contribution in [1.82, 2.24) is 19.6 Å². The zero-order chi connectivity index (χ0) is 14.4. The summed E-state index contributed by atoms with van der Waals surface area (Å²) in [5.74, 6) is 0.950. The molecule has 0 radical (unpaired) electrons. The molecule has 0 amide bonds. The highest BCUT2D eigenvalue weighted by atomic mass is 32.2. The number of carbonyl (C=O) groups is 1. The Morgan fingerprint density at radius 3 is 3.05 bits per heavy atom. The number of Topliss-reactive ketones (excluding diaryl/α,β-unsaturated/α-hetero) is 1. The Morgan fingerprint density at radius 1 is 1.38 bits per heavy atom. The fourth-order valence-electron chi connectivity index (χ4n) is 2.68. The van der Waals surface area contributed by atoms with Crippen LogP contribution < -0.4 is 0 Å². The van der Waals surface area contributed by atoms with Crippen LogP contribution in [0.4, 0.5) is 0 Å². The first-order valence-corrected chi connectivity index (χ1v) is 8.72. The van der Waals surface area contributed by atoms with Crippen molar-refractivity contribution >= 4 is 34.7 Å². The van der Waals surface area contributed by atoms with E-state index < -0.39 is 0 Å². The molecule has 1 atom stereocenters. The first-order valence-electron chi connectivity index (χ1n) is 6.61. The van der Waals surface area contributed by atoms with Gasteiger partial charge in [-0.3, -0.25) is 4.79 Å². The van der Waals surface area contributed by atoms with Crippen molar-refractivity contribution in [1.29, 1.82) is 0 Å². The Balaban J connectivity index is 1.80. The number of hydrogen-bond donors (Lipinski definition) is 0. The summed E-state index contributed by atoms with van der Waals surface area (Å²) in [6.07, 6.45) is 5.04. The summed E-state index contributed by atoms with van der Waals surface area (Å²) in [6.45, 7) is 0. The Morgan fingerprint density at radius 2 is 2.29 bits per heavy atom. The van der Waals surface area contributed by atoms with Gasteiger partial charge < -0.3 is 0 Å². The predicted molar refractivity (Wildman–Crippen MR) is 82.3 cm³/mol. The third-order valence-corrected chi connectivity index (χ3v) is 5.26. The Kier molecular flexibility index (Phi) is 3.04. The summed E-state index contributed by atoms with van der Waals surface area (Å²) >= 11 is 3.17. The van der Waals surface area contributed by atoms with Crippen LogP contribution >= 0.6 is 23.1 Å². The Bertz CT molecular complexity index is 825. The SMILES string of the molecule is CSc1nc2nc3c(cn2n1)C(=O)CC(c1cccs1)C3. The van der Waals surface area contributed by atoms with Gasteiger partial charge in [0.25, 0.3) is 5.78 Å². The van der Waals surface area contributed by atoms with Gasteiger partial charge in [-0.15, -0.1) is 16.4 Å². The van der Waals surface area contributed by atoms with Crippen LogP contribution in [0.2, 0.25) is 0 Å². The molecule has 3 aromatic rings. The van der Waals surface area contributed by atoms with Gasteiger partial charge in [-0.2, -0.15) is 4.98 Å². The standard InChI is InChI=1S/C14H12N4OS2/c1-20-14-16-13-15-10-5-8(12-3-2-4-21-12)6-11(19)9(10)7-18(13)17-14/h2-4,7-8H,5-6H2,1H3. The number of hydrogen-bond acceptors (Lipinski definition) is 6. The van der Waals surface area contributed by atoms with Gasteiger partial charge in [0.15, 0.2) is 5.78 Å². The third-order valence-electron chi connectivity index (χ3n) is 3.69. The van der Waals surface area contributed by atoms with Gasteiger partial charge in [0.2, 0.25) is 5.16 Å². The molecule has 0 aromatic carbocycles. The second-order valence-corrected chi connectivity index (χ2v) is 6.74. The zero-order valence-electron chi connectivity index (χ0n) is 11.3. The van der Waals surface area contributed by atoms with Crippen molar-refractivity contribution in [3.8, 4) is 0 Å². The van der Waals surface area contributed by atoms with Crippen molar-refractivity contribution < 1.29 is 4.79 Å². The highest BCUT2D eigenvalue weighted by molar-refractivity contribution is 7.98. The van der Waals surface area contributed by atoms with E-state index in [2.05, 4.69) is 26.5 Å². The summed E-state index contributed by atoms with van der Waals surface area (Å²) in [5, 5.41) is 7.02. The molecule has 0 spiro atoms. The van der Waals surface area contributed by atoms with E-state index in [0.717, 1.165) is 12.1 Å². The molecule has 21 heavy (non-hydrogen) atoms. The molecule has 4 rings (SSSR count). The lowest BCUT2D eigenvalue weighted by atomic mass is 9.86. The van der Waals surface area contributed by atoms with Gasteiger partial charge >= 0.3 is 0 Å². The van der Waals surface area contributed by atoms with Gasteiger partial charge in [0.1, 0.15) is 0 Å². The van der Waals surface area contributed by atoms with Crippen LogP contribution in [0.3, 0.4) is 0 Å². The minimum absolute atomic E-state index is 0.144. The molecule has 1 aliphatic rings. The van der Waals surface area contributed by atoms with Gasteiger partial charge in [0, 0.05) is 23.4 Å². The third kappa shape index (κ3) is 2.16. The predicted octanol–water partition coefficient (Wildman–Crippen LogP) is 2.82. The molecule has 0 bridgehead atoms. The maximum atomic E-state index is 12.4. The second-order valence-electron chi connectivity index (χ2n) is 4.99. The first-order chi connectivity index (χ1) is 10.2. The number of carbonyl (C=O) groups excluding carboxylic acids is 1. The molecule has 106 valence electrons. The van der Waals surface area contributed by atoms with Crippen LogP contribution in [0.5, 0.6) is 0 Å². The van der Waals surface area contributed by atoms with E-state index in [0.29, 0.717) is 22.9 Å². The molecule has 5 nitrogen and oxygen atoms in total. The number of ketones is 1. The van der Waals surface area contributed by atoms with Gasteiger partial charge in [0.05, 0.1) is 11.3 Å². The summed E-state index contributed by atoms with van der Waals surface area (Å²) in [7, 11) is 0. The number of nitrogens with zero attached hydrogens (tertiary/aromatic N) is 4. The van der Waals surface area contributed by atoms with E-state index in [-0.39, 0.29) is 11.7 Å². The molecule has 0 aliphatic heterocycles. The molecular weight excluding hydrogens is 304 g/mol. The maximum Gasteiger partial charge on any atom is 0.253 e. The lowest BCUT2D eigenvalue weighted by Crippen LogP contribution is -2.20. The van der Waals surface area contributed by atoms with E-state index in [9.17, 15) is 4.79 Å². The lowest BCUT2D eigenvalue weighted by Gasteiger charge is -2.21. The summed E-state index contributed by atoms with van der Waals surface area (Å²) in [6, 6.07) is 4.12. The smallest absolute Gasteiger partial charge is 0.253 e. The van der Waals surface area contributed by atoms with Crippen molar-refractivity contribution in [2.75, 3.05) is 6.26 Å². The molecule has 3 aromatic heterocycles. The minimum Gasteiger partial charge on any atom is -0.294 e. The molecule has 0 N–H and O–H groups in total. The first kappa shape index (κ1) is 13.0. The van der Waals surface area contributed by atoms with E-state index in [4.69, 9.17) is 0 Å². The lowest BCUT2D eigenvalue weighted by molar-refractivity contribution is 0.0963. The van der Waals surface area contributed by atoms with E-state index >= 15 is 0 Å². The minimum atomic E-state index is 0.144. The molecule has 7 heteroatoms. The highest BCUT2D eigenvalue weighted by Gasteiger charge is 2.29. The van der Waals surface area contributed by atoms with Gasteiger partial charge in [-0.1, -0.05) is 17.8 Å². The fourth-order valence-corrected chi connectivity index (χ4v) is 3.85. The van der Waals surface area contributed by atoms with Gasteiger partial charge in [-0.05, 0) is 24.1 Å². The number of thiophene rings is 1. The number of rotatable bonds is 2.